The van der Waals surface area contributed by atoms with Crippen LogP contribution in [-0.4, -0.2) is 29.1 Å². The maximum atomic E-state index is 12.2. The van der Waals surface area contributed by atoms with Crippen LogP contribution >= 0.6 is 11.3 Å². The lowest BCUT2D eigenvalue weighted by Crippen LogP contribution is -2.15. The molecule has 0 aliphatic carbocycles. The van der Waals surface area contributed by atoms with E-state index in [4.69, 9.17) is 4.74 Å². The van der Waals surface area contributed by atoms with Gasteiger partial charge in [-0.05, 0) is 50.3 Å². The van der Waals surface area contributed by atoms with Crippen molar-refractivity contribution in [1.82, 2.24) is 4.98 Å². The Kier molecular flexibility index (Phi) is 4.61. The fourth-order valence-electron chi connectivity index (χ4n) is 2.41. The van der Waals surface area contributed by atoms with Crippen LogP contribution in [0.15, 0.2) is 11.4 Å². The number of H-pyrrole nitrogens is 1. The van der Waals surface area contributed by atoms with Gasteiger partial charge in [0.1, 0.15) is 4.88 Å². The molecule has 0 aromatic carbocycles. The average molecular weight is 319 g/mol. The van der Waals surface area contributed by atoms with E-state index in [2.05, 4.69) is 4.98 Å². The molecule has 2 heterocycles. The lowest BCUT2D eigenvalue weighted by Gasteiger charge is -2.04. The first-order chi connectivity index (χ1) is 10.3. The van der Waals surface area contributed by atoms with Crippen LogP contribution in [0.5, 0.6) is 0 Å². The van der Waals surface area contributed by atoms with Gasteiger partial charge in [0.2, 0.25) is 5.78 Å². The van der Waals surface area contributed by atoms with Crippen molar-refractivity contribution in [3.05, 3.63) is 44.4 Å². The van der Waals surface area contributed by atoms with Gasteiger partial charge in [-0.25, -0.2) is 4.79 Å². The first-order valence-electron chi connectivity index (χ1n) is 6.77. The number of thiophene rings is 1. The second-order valence-electron chi connectivity index (χ2n) is 5.11. The molecule has 2 rings (SSSR count). The average Bonchev–Trinajstić information content (AvgIpc) is 2.99. The zero-order valence-electron chi connectivity index (χ0n) is 12.9. The van der Waals surface area contributed by atoms with E-state index in [1.807, 2.05) is 13.0 Å². The Morgan fingerprint density at radius 1 is 1.23 bits per heavy atom. The molecule has 0 bridgehead atoms. The van der Waals surface area contributed by atoms with Gasteiger partial charge in [-0.1, -0.05) is 0 Å². The van der Waals surface area contributed by atoms with E-state index >= 15 is 0 Å². The molecule has 2 aromatic heterocycles. The molecule has 0 saturated carbocycles. The number of nitrogens with one attached hydrogen (secondary N) is 1. The van der Waals surface area contributed by atoms with Crippen LogP contribution < -0.4 is 0 Å². The Morgan fingerprint density at radius 2 is 1.91 bits per heavy atom. The monoisotopic (exact) mass is 319 g/mol. The molecule has 0 saturated heterocycles. The third kappa shape index (κ3) is 3.01. The van der Waals surface area contributed by atoms with Gasteiger partial charge in [-0.15, -0.1) is 11.3 Å². The molecule has 22 heavy (non-hydrogen) atoms. The second-order valence-corrected chi connectivity index (χ2v) is 6.03. The molecule has 116 valence electrons. The highest BCUT2D eigenvalue weighted by Gasteiger charge is 2.21. The van der Waals surface area contributed by atoms with Crippen LogP contribution in [0.3, 0.4) is 0 Å². The molecule has 0 radical (unpaired) electrons. The summed E-state index contributed by atoms with van der Waals surface area (Å²) in [6.07, 6.45) is 0. The van der Waals surface area contributed by atoms with E-state index in [1.165, 1.54) is 18.3 Å². The molecular formula is C16H17NO4S. The highest BCUT2D eigenvalue weighted by molar-refractivity contribution is 7.12. The van der Waals surface area contributed by atoms with Gasteiger partial charge in [-0.3, -0.25) is 9.59 Å². The van der Waals surface area contributed by atoms with E-state index < -0.39 is 5.97 Å². The van der Waals surface area contributed by atoms with Gasteiger partial charge in [0.15, 0.2) is 12.4 Å². The molecule has 2 aromatic rings. The molecule has 0 spiro atoms. The maximum absolute atomic E-state index is 12.2. The number of hydrogen-bond acceptors (Lipinski definition) is 5. The normalized spacial score (nSPS) is 10.5. The Labute approximate surface area is 132 Å². The standard InChI is InChI=1S/C16H17NO4S/c1-8-5-6-22-15(8)16(20)21-7-12(19)14-9(2)13(11(4)18)10(3)17-14/h5-6,17H,7H2,1-4H3. The zero-order chi connectivity index (χ0) is 16.4. The number of ketones is 2. The van der Waals surface area contributed by atoms with Crippen LogP contribution in [0.2, 0.25) is 0 Å². The number of ether oxygens (including phenoxy) is 1. The third-order valence-electron chi connectivity index (χ3n) is 3.45. The Morgan fingerprint density at radius 3 is 2.41 bits per heavy atom. The summed E-state index contributed by atoms with van der Waals surface area (Å²) >= 11 is 1.28. The van der Waals surface area contributed by atoms with E-state index in [0.29, 0.717) is 27.4 Å². The smallest absolute Gasteiger partial charge is 0.349 e. The molecule has 0 fully saturated rings. The van der Waals surface area contributed by atoms with Crippen molar-refractivity contribution < 1.29 is 19.1 Å². The highest BCUT2D eigenvalue weighted by Crippen LogP contribution is 2.20. The lowest BCUT2D eigenvalue weighted by atomic mass is 10.1. The summed E-state index contributed by atoms with van der Waals surface area (Å²) in [5.41, 5.74) is 2.91. The van der Waals surface area contributed by atoms with Gasteiger partial charge in [0.05, 0.1) is 5.69 Å². The molecule has 0 amide bonds. The molecule has 0 aliphatic rings. The third-order valence-corrected chi connectivity index (χ3v) is 4.45. The molecule has 6 heteroatoms. The van der Waals surface area contributed by atoms with Crippen molar-refractivity contribution >= 4 is 28.9 Å². The van der Waals surface area contributed by atoms with Crippen molar-refractivity contribution in [1.29, 1.82) is 0 Å². The van der Waals surface area contributed by atoms with Crippen LogP contribution in [0.4, 0.5) is 0 Å². The molecule has 0 aliphatic heterocycles. The van der Waals surface area contributed by atoms with Gasteiger partial charge in [0, 0.05) is 11.3 Å². The van der Waals surface area contributed by atoms with E-state index in [-0.39, 0.29) is 18.2 Å². The molecule has 0 unspecified atom stereocenters. The van der Waals surface area contributed by atoms with Gasteiger partial charge >= 0.3 is 5.97 Å². The Balaban J connectivity index is 2.11. The maximum Gasteiger partial charge on any atom is 0.349 e. The SMILES string of the molecule is CC(=O)c1c(C)[nH]c(C(=O)COC(=O)c2sccc2C)c1C. The largest absolute Gasteiger partial charge is 0.453 e. The van der Waals surface area contributed by atoms with E-state index in [1.54, 1.807) is 19.2 Å². The Bertz CT molecular complexity index is 754. The van der Waals surface area contributed by atoms with Gasteiger partial charge in [0.25, 0.3) is 0 Å². The quantitative estimate of drug-likeness (QED) is 0.678. The van der Waals surface area contributed by atoms with Crippen LogP contribution in [-0.2, 0) is 4.74 Å². The minimum Gasteiger partial charge on any atom is -0.453 e. The second kappa shape index (κ2) is 6.27. The minimum atomic E-state index is -0.506. The number of carbonyl (C=O) groups excluding carboxylic acids is 3. The van der Waals surface area contributed by atoms with Crippen LogP contribution in [0.1, 0.15) is 54.3 Å². The number of carbonyl (C=O) groups is 3. The molecule has 1 N–H and O–H groups in total. The number of aromatic amines is 1. The predicted octanol–water partition coefficient (Wildman–Crippen LogP) is 3.24. The van der Waals surface area contributed by atoms with Gasteiger partial charge in [-0.2, -0.15) is 0 Å². The summed E-state index contributed by atoms with van der Waals surface area (Å²) in [6, 6.07) is 1.82. The summed E-state index contributed by atoms with van der Waals surface area (Å²) < 4.78 is 5.07. The fraction of sp³-hybridized carbons (Fsp3) is 0.312. The number of Topliss-reactive ketones (excluding diaryl/α,β-unsaturated/α-hetero) is 2. The summed E-state index contributed by atoms with van der Waals surface area (Å²) in [7, 11) is 0. The lowest BCUT2D eigenvalue weighted by molar-refractivity contribution is 0.0477. The summed E-state index contributed by atoms with van der Waals surface area (Å²) in [5.74, 6) is -0.958. The van der Waals surface area contributed by atoms with E-state index in [9.17, 15) is 14.4 Å². The number of rotatable bonds is 5. The minimum absolute atomic E-state index is 0.100. The van der Waals surface area contributed by atoms with Crippen molar-refractivity contribution in [2.45, 2.75) is 27.7 Å². The van der Waals surface area contributed by atoms with E-state index in [0.717, 1.165) is 5.56 Å². The summed E-state index contributed by atoms with van der Waals surface area (Å²) in [4.78, 5) is 39.1. The topological polar surface area (TPSA) is 76.2 Å². The van der Waals surface area contributed by atoms with Crippen molar-refractivity contribution in [2.24, 2.45) is 0 Å². The number of aryl methyl sites for hydroxylation is 2. The first kappa shape index (κ1) is 16.2. The summed E-state index contributed by atoms with van der Waals surface area (Å²) in [5, 5.41) is 1.80. The first-order valence-corrected chi connectivity index (χ1v) is 7.65. The predicted molar refractivity (Wildman–Crippen MR) is 83.9 cm³/mol. The number of esters is 1. The molecular weight excluding hydrogens is 302 g/mol. The molecule has 5 nitrogen and oxygen atoms in total. The van der Waals surface area contributed by atoms with Crippen LogP contribution in [0, 0.1) is 20.8 Å². The van der Waals surface area contributed by atoms with Gasteiger partial charge < -0.3 is 9.72 Å². The fourth-order valence-corrected chi connectivity index (χ4v) is 3.22. The Hall–Kier alpha value is -2.21. The van der Waals surface area contributed by atoms with Crippen molar-refractivity contribution in [3.63, 3.8) is 0 Å². The zero-order valence-corrected chi connectivity index (χ0v) is 13.7. The summed E-state index contributed by atoms with van der Waals surface area (Å²) in [6.45, 7) is 6.36. The van der Waals surface area contributed by atoms with Crippen molar-refractivity contribution in [3.8, 4) is 0 Å². The molecule has 0 atom stereocenters. The number of hydrogen-bond donors (Lipinski definition) is 1. The number of aromatic nitrogens is 1. The highest BCUT2D eigenvalue weighted by atomic mass is 32.1. The van der Waals surface area contributed by atoms with Crippen LogP contribution in [0.25, 0.3) is 0 Å². The van der Waals surface area contributed by atoms with Crippen molar-refractivity contribution in [2.75, 3.05) is 6.61 Å².